The van der Waals surface area contributed by atoms with Gasteiger partial charge in [0.05, 0.1) is 6.61 Å². The minimum absolute atomic E-state index is 0.124. The Kier molecular flexibility index (Phi) is 3.84. The zero-order valence-electron chi connectivity index (χ0n) is 12.0. The Balaban J connectivity index is 1.53. The van der Waals surface area contributed by atoms with Crippen LogP contribution in [-0.2, 0) is 14.3 Å². The largest absolute Gasteiger partial charge is 0.371 e. The third-order valence-electron chi connectivity index (χ3n) is 4.39. The smallest absolute Gasteiger partial charge is 0.344 e. The van der Waals surface area contributed by atoms with E-state index in [1.807, 2.05) is 0 Å². The van der Waals surface area contributed by atoms with Gasteiger partial charge in [-0.05, 0) is 31.6 Å². The number of hydrazine groups is 1. The number of carbonyl (C=O) groups is 3. The van der Waals surface area contributed by atoms with Crippen molar-refractivity contribution in [3.63, 3.8) is 0 Å². The van der Waals surface area contributed by atoms with Gasteiger partial charge in [0.15, 0.2) is 0 Å². The molecule has 3 fully saturated rings. The van der Waals surface area contributed by atoms with Crippen LogP contribution in [0.2, 0.25) is 0 Å². The van der Waals surface area contributed by atoms with Crippen molar-refractivity contribution in [1.29, 1.82) is 0 Å². The van der Waals surface area contributed by atoms with E-state index in [0.29, 0.717) is 25.4 Å². The maximum atomic E-state index is 12.4. The van der Waals surface area contributed by atoms with Crippen LogP contribution in [0.3, 0.4) is 0 Å². The standard InChI is InChI=1S/C14H21N3O4/c18-11(9-21-8-10-4-5-10)16-17-12(19)14(15-13(17)20)6-2-1-3-7-14/h10H,1-9H2,(H,15,20)(H,16,18). The number of hydrogen-bond donors (Lipinski definition) is 2. The van der Waals surface area contributed by atoms with Crippen molar-refractivity contribution < 1.29 is 19.1 Å². The number of nitrogens with zero attached hydrogens (tertiary/aromatic N) is 1. The van der Waals surface area contributed by atoms with Gasteiger partial charge in [-0.1, -0.05) is 19.3 Å². The number of hydrogen-bond acceptors (Lipinski definition) is 4. The molecule has 4 amide bonds. The summed E-state index contributed by atoms with van der Waals surface area (Å²) in [5.74, 6) is -0.241. The Hall–Kier alpha value is -1.63. The lowest BCUT2D eigenvalue weighted by Crippen LogP contribution is -2.51. The van der Waals surface area contributed by atoms with Crippen LogP contribution in [0.4, 0.5) is 4.79 Å². The molecule has 1 heterocycles. The Labute approximate surface area is 123 Å². The van der Waals surface area contributed by atoms with E-state index >= 15 is 0 Å². The summed E-state index contributed by atoms with van der Waals surface area (Å²) >= 11 is 0. The number of rotatable bonds is 5. The molecule has 2 aliphatic carbocycles. The molecule has 0 unspecified atom stereocenters. The van der Waals surface area contributed by atoms with E-state index in [9.17, 15) is 14.4 Å². The van der Waals surface area contributed by atoms with Gasteiger partial charge in [-0.3, -0.25) is 15.0 Å². The van der Waals surface area contributed by atoms with Gasteiger partial charge in [-0.25, -0.2) is 4.79 Å². The first-order valence-electron chi connectivity index (χ1n) is 7.65. The van der Waals surface area contributed by atoms with E-state index in [4.69, 9.17) is 4.74 Å². The Morgan fingerprint density at radius 3 is 2.67 bits per heavy atom. The van der Waals surface area contributed by atoms with Crippen molar-refractivity contribution in [3.05, 3.63) is 0 Å². The first-order chi connectivity index (χ1) is 10.1. The first kappa shape index (κ1) is 14.3. The quantitative estimate of drug-likeness (QED) is 0.731. The lowest BCUT2D eigenvalue weighted by molar-refractivity contribution is -0.141. The fourth-order valence-corrected chi connectivity index (χ4v) is 2.98. The normalized spacial score (nSPS) is 24.3. The summed E-state index contributed by atoms with van der Waals surface area (Å²) in [5.41, 5.74) is 1.54. The van der Waals surface area contributed by atoms with E-state index in [0.717, 1.165) is 37.1 Å². The number of carbonyl (C=O) groups excluding carboxylic acids is 3. The van der Waals surface area contributed by atoms with Gasteiger partial charge in [0.25, 0.3) is 11.8 Å². The van der Waals surface area contributed by atoms with Gasteiger partial charge in [-0.15, -0.1) is 0 Å². The van der Waals surface area contributed by atoms with E-state index in [2.05, 4.69) is 10.7 Å². The van der Waals surface area contributed by atoms with Crippen LogP contribution < -0.4 is 10.7 Å². The number of amides is 4. The molecular formula is C14H21N3O4. The zero-order chi connectivity index (χ0) is 14.9. The molecular weight excluding hydrogens is 274 g/mol. The van der Waals surface area contributed by atoms with Crippen LogP contribution >= 0.6 is 0 Å². The van der Waals surface area contributed by atoms with Crippen LogP contribution in [0.15, 0.2) is 0 Å². The molecule has 3 rings (SSSR count). The van der Waals surface area contributed by atoms with Gasteiger partial charge < -0.3 is 10.1 Å². The number of urea groups is 1. The highest BCUT2D eigenvalue weighted by molar-refractivity contribution is 6.08. The predicted octanol–water partition coefficient (Wildman–Crippen LogP) is 0.699. The Morgan fingerprint density at radius 2 is 2.00 bits per heavy atom. The Bertz CT molecular complexity index is 455. The molecule has 1 spiro atoms. The molecule has 1 aliphatic heterocycles. The number of imide groups is 1. The fraction of sp³-hybridized carbons (Fsp3) is 0.786. The molecule has 0 aromatic heterocycles. The number of ether oxygens (including phenoxy) is 1. The highest BCUT2D eigenvalue weighted by Crippen LogP contribution is 2.33. The van der Waals surface area contributed by atoms with E-state index in [-0.39, 0.29) is 12.5 Å². The minimum atomic E-state index is -0.808. The predicted molar refractivity (Wildman–Crippen MR) is 72.9 cm³/mol. The Morgan fingerprint density at radius 1 is 1.29 bits per heavy atom. The second-order valence-electron chi connectivity index (χ2n) is 6.21. The highest BCUT2D eigenvalue weighted by Gasteiger charge is 2.52. The molecule has 0 aromatic carbocycles. The summed E-state index contributed by atoms with van der Waals surface area (Å²) in [6.07, 6.45) is 6.49. The lowest BCUT2D eigenvalue weighted by Gasteiger charge is -2.30. The molecule has 116 valence electrons. The second-order valence-corrected chi connectivity index (χ2v) is 6.21. The molecule has 21 heavy (non-hydrogen) atoms. The van der Waals surface area contributed by atoms with Gasteiger partial charge >= 0.3 is 6.03 Å². The van der Waals surface area contributed by atoms with Crippen LogP contribution in [0.1, 0.15) is 44.9 Å². The van der Waals surface area contributed by atoms with E-state index in [1.54, 1.807) is 0 Å². The van der Waals surface area contributed by atoms with Gasteiger partial charge in [0.1, 0.15) is 12.1 Å². The van der Waals surface area contributed by atoms with Crippen molar-refractivity contribution in [1.82, 2.24) is 15.8 Å². The second kappa shape index (κ2) is 5.63. The summed E-state index contributed by atoms with van der Waals surface area (Å²) in [6.45, 7) is 0.443. The van der Waals surface area contributed by atoms with Crippen molar-refractivity contribution >= 4 is 17.8 Å². The van der Waals surface area contributed by atoms with Crippen molar-refractivity contribution in [2.45, 2.75) is 50.5 Å². The van der Waals surface area contributed by atoms with Crippen LogP contribution in [-0.4, -0.2) is 41.6 Å². The topological polar surface area (TPSA) is 87.7 Å². The lowest BCUT2D eigenvalue weighted by atomic mass is 9.82. The summed E-state index contributed by atoms with van der Waals surface area (Å²) in [6, 6.07) is -0.544. The molecule has 0 atom stereocenters. The van der Waals surface area contributed by atoms with Crippen molar-refractivity contribution in [3.8, 4) is 0 Å². The monoisotopic (exact) mass is 295 g/mol. The molecule has 0 aromatic rings. The molecule has 2 saturated carbocycles. The third kappa shape index (κ3) is 3.02. The average molecular weight is 295 g/mol. The van der Waals surface area contributed by atoms with Crippen molar-refractivity contribution in [2.24, 2.45) is 5.92 Å². The van der Waals surface area contributed by atoms with Gasteiger partial charge in [0.2, 0.25) is 0 Å². The zero-order valence-corrected chi connectivity index (χ0v) is 12.0. The maximum absolute atomic E-state index is 12.4. The van der Waals surface area contributed by atoms with Gasteiger partial charge in [-0.2, -0.15) is 5.01 Å². The molecule has 7 nitrogen and oxygen atoms in total. The van der Waals surface area contributed by atoms with Crippen molar-refractivity contribution in [2.75, 3.05) is 13.2 Å². The molecule has 0 radical (unpaired) electrons. The summed E-state index contributed by atoms with van der Waals surface area (Å²) < 4.78 is 5.26. The third-order valence-corrected chi connectivity index (χ3v) is 4.39. The fourth-order valence-electron chi connectivity index (χ4n) is 2.98. The highest BCUT2D eigenvalue weighted by atomic mass is 16.5. The van der Waals surface area contributed by atoms with Crippen LogP contribution in [0, 0.1) is 5.92 Å². The summed E-state index contributed by atoms with van der Waals surface area (Å²) in [4.78, 5) is 36.1. The molecule has 0 bridgehead atoms. The van der Waals surface area contributed by atoms with E-state index < -0.39 is 17.5 Å². The summed E-state index contributed by atoms with van der Waals surface area (Å²) in [5, 5.41) is 3.55. The van der Waals surface area contributed by atoms with Gasteiger partial charge in [0, 0.05) is 0 Å². The molecule has 2 N–H and O–H groups in total. The number of nitrogens with one attached hydrogen (secondary N) is 2. The first-order valence-corrected chi connectivity index (χ1v) is 7.65. The van der Waals surface area contributed by atoms with Crippen LogP contribution in [0.25, 0.3) is 0 Å². The average Bonchev–Trinajstić information content (AvgIpc) is 3.25. The summed E-state index contributed by atoms with van der Waals surface area (Å²) in [7, 11) is 0. The maximum Gasteiger partial charge on any atom is 0.344 e. The molecule has 3 aliphatic rings. The van der Waals surface area contributed by atoms with E-state index in [1.165, 1.54) is 0 Å². The minimum Gasteiger partial charge on any atom is -0.371 e. The SMILES string of the molecule is O=C(COCC1CC1)NN1C(=O)NC2(CCCCC2)C1=O. The van der Waals surface area contributed by atoms with Crippen LogP contribution in [0.5, 0.6) is 0 Å². The molecule has 1 saturated heterocycles. The molecule has 7 heteroatoms.